The number of hydrogen-bond acceptors (Lipinski definition) is 3. The number of aliphatic hydroxyl groups is 1. The van der Waals surface area contributed by atoms with Gasteiger partial charge in [0.1, 0.15) is 0 Å². The first-order valence-electron chi connectivity index (χ1n) is 9.75. The van der Waals surface area contributed by atoms with Crippen molar-refractivity contribution in [3.8, 4) is 0 Å². The van der Waals surface area contributed by atoms with Gasteiger partial charge in [0.05, 0.1) is 17.8 Å². The van der Waals surface area contributed by atoms with Crippen molar-refractivity contribution in [2.45, 2.75) is 24.4 Å². The molecular weight excluding hydrogens is 443 g/mol. The largest absolute Gasteiger partial charge is 0.416 e. The lowest BCUT2D eigenvalue weighted by atomic mass is 9.77. The minimum atomic E-state index is -4.55. The first-order chi connectivity index (χ1) is 15.2. The van der Waals surface area contributed by atoms with E-state index in [4.69, 9.17) is 16.3 Å². The number of nitrogens with zero attached hydrogens (tertiary/aromatic N) is 1. The molecule has 1 aliphatic rings. The van der Waals surface area contributed by atoms with Crippen LogP contribution >= 0.6 is 11.6 Å². The molecule has 32 heavy (non-hydrogen) atoms. The van der Waals surface area contributed by atoms with Gasteiger partial charge in [-0.25, -0.2) is 0 Å². The molecule has 1 amide bonds. The molecule has 2 atom stereocenters. The number of rotatable bonds is 4. The number of carbonyl (C=O) groups is 1. The standard InChI is InChI=1S/C24H19ClF3NO3/c1-32-21-22(30)29(14-15-13-17(24(26,27)28)11-12-19(15)25)20-10-6-5-9-18(20)23(21,31)16-7-3-2-4-8-16/h2-13,21,31H,14H2,1H3. The third kappa shape index (κ3) is 3.66. The number of anilines is 1. The molecule has 3 aromatic rings. The molecule has 0 saturated heterocycles. The minimum absolute atomic E-state index is 0.0983. The van der Waals surface area contributed by atoms with Crippen molar-refractivity contribution in [3.05, 3.63) is 100 Å². The molecule has 3 aromatic carbocycles. The lowest BCUT2D eigenvalue weighted by Crippen LogP contribution is -2.57. The molecule has 1 aliphatic heterocycles. The van der Waals surface area contributed by atoms with Gasteiger partial charge in [0.15, 0.2) is 11.7 Å². The van der Waals surface area contributed by atoms with Crippen molar-refractivity contribution in [2.75, 3.05) is 12.0 Å². The molecule has 0 fully saturated rings. The Morgan fingerprint density at radius 1 is 1.06 bits per heavy atom. The van der Waals surface area contributed by atoms with E-state index in [-0.39, 0.29) is 17.1 Å². The highest BCUT2D eigenvalue weighted by Gasteiger charge is 2.52. The number of fused-ring (bicyclic) bond motifs is 1. The minimum Gasteiger partial charge on any atom is -0.377 e. The van der Waals surface area contributed by atoms with Crippen LogP contribution in [-0.2, 0) is 27.9 Å². The molecule has 166 valence electrons. The molecule has 0 spiro atoms. The van der Waals surface area contributed by atoms with Gasteiger partial charge in [0.2, 0.25) is 0 Å². The Morgan fingerprint density at radius 3 is 2.38 bits per heavy atom. The molecule has 8 heteroatoms. The maximum Gasteiger partial charge on any atom is 0.416 e. The second kappa shape index (κ2) is 8.24. The van der Waals surface area contributed by atoms with Gasteiger partial charge in [-0.3, -0.25) is 4.79 Å². The molecule has 0 saturated carbocycles. The van der Waals surface area contributed by atoms with Crippen LogP contribution in [0.5, 0.6) is 0 Å². The van der Waals surface area contributed by atoms with Crippen LogP contribution in [0.15, 0.2) is 72.8 Å². The Balaban J connectivity index is 1.85. The fourth-order valence-electron chi connectivity index (χ4n) is 4.09. The quantitative estimate of drug-likeness (QED) is 0.584. The summed E-state index contributed by atoms with van der Waals surface area (Å²) in [6.45, 7) is -0.219. The number of ether oxygens (including phenoxy) is 1. The van der Waals surface area contributed by atoms with Crippen molar-refractivity contribution >= 4 is 23.2 Å². The molecule has 4 rings (SSSR count). The summed E-state index contributed by atoms with van der Waals surface area (Å²) < 4.78 is 45.1. The van der Waals surface area contributed by atoms with E-state index >= 15 is 0 Å². The van der Waals surface area contributed by atoms with E-state index < -0.39 is 29.4 Å². The van der Waals surface area contributed by atoms with Gasteiger partial charge >= 0.3 is 6.18 Å². The monoisotopic (exact) mass is 461 g/mol. The number of benzene rings is 3. The van der Waals surface area contributed by atoms with Gasteiger partial charge in [-0.1, -0.05) is 60.1 Å². The summed E-state index contributed by atoms with van der Waals surface area (Å²) in [7, 11) is 1.31. The SMILES string of the molecule is COC1C(=O)N(Cc2cc(C(F)(F)F)ccc2Cl)c2ccccc2C1(O)c1ccccc1. The summed E-state index contributed by atoms with van der Waals surface area (Å²) in [5.74, 6) is -0.592. The zero-order chi connectivity index (χ0) is 23.1. The lowest BCUT2D eigenvalue weighted by Gasteiger charge is -2.44. The highest BCUT2D eigenvalue weighted by molar-refractivity contribution is 6.31. The molecule has 0 bridgehead atoms. The zero-order valence-corrected chi connectivity index (χ0v) is 17.7. The van der Waals surface area contributed by atoms with Crippen LogP contribution in [0.4, 0.5) is 18.9 Å². The van der Waals surface area contributed by atoms with Crippen molar-refractivity contribution in [3.63, 3.8) is 0 Å². The topological polar surface area (TPSA) is 49.8 Å². The van der Waals surface area contributed by atoms with Crippen LogP contribution in [0.1, 0.15) is 22.3 Å². The predicted octanol–water partition coefficient (Wildman–Crippen LogP) is 5.16. The van der Waals surface area contributed by atoms with E-state index in [1.165, 1.54) is 12.0 Å². The smallest absolute Gasteiger partial charge is 0.377 e. The van der Waals surface area contributed by atoms with Crippen molar-refractivity contribution < 1.29 is 27.8 Å². The van der Waals surface area contributed by atoms with E-state index in [1.54, 1.807) is 54.6 Å². The third-order valence-corrected chi connectivity index (χ3v) is 6.00. The summed E-state index contributed by atoms with van der Waals surface area (Å²) in [4.78, 5) is 14.8. The van der Waals surface area contributed by atoms with E-state index in [2.05, 4.69) is 0 Å². The molecule has 0 aromatic heterocycles. The molecule has 1 heterocycles. The molecule has 0 radical (unpaired) electrons. The Labute approximate surface area is 187 Å². The van der Waals surface area contributed by atoms with Crippen LogP contribution in [0, 0.1) is 0 Å². The van der Waals surface area contributed by atoms with Gasteiger partial charge in [-0.15, -0.1) is 0 Å². The van der Waals surface area contributed by atoms with E-state index in [0.717, 1.165) is 18.2 Å². The molecule has 1 N–H and O–H groups in total. The average molecular weight is 462 g/mol. The molecule has 2 unspecified atom stereocenters. The fraction of sp³-hybridized carbons (Fsp3) is 0.208. The fourth-order valence-corrected chi connectivity index (χ4v) is 4.26. The summed E-state index contributed by atoms with van der Waals surface area (Å²) in [5.41, 5.74) is -1.28. The van der Waals surface area contributed by atoms with Gasteiger partial charge in [-0.05, 0) is 35.4 Å². The normalized spacial score (nSPS) is 20.9. The summed E-state index contributed by atoms with van der Waals surface area (Å²) in [6, 6.07) is 18.3. The van der Waals surface area contributed by atoms with Crippen LogP contribution in [-0.4, -0.2) is 24.2 Å². The molecule has 4 nitrogen and oxygen atoms in total. The number of para-hydroxylation sites is 1. The lowest BCUT2D eigenvalue weighted by molar-refractivity contribution is -0.145. The van der Waals surface area contributed by atoms with E-state index in [0.29, 0.717) is 16.8 Å². The second-order valence-electron chi connectivity index (χ2n) is 7.49. The Kier molecular flexibility index (Phi) is 5.75. The van der Waals surface area contributed by atoms with E-state index in [1.807, 2.05) is 0 Å². The van der Waals surface area contributed by atoms with Crippen LogP contribution in [0.25, 0.3) is 0 Å². The van der Waals surface area contributed by atoms with Gasteiger partial charge in [0.25, 0.3) is 5.91 Å². The van der Waals surface area contributed by atoms with Crippen molar-refractivity contribution in [2.24, 2.45) is 0 Å². The number of hydrogen-bond donors (Lipinski definition) is 1. The second-order valence-corrected chi connectivity index (χ2v) is 7.90. The number of carbonyl (C=O) groups excluding carboxylic acids is 1. The Bertz CT molecular complexity index is 1150. The number of halogens is 4. The van der Waals surface area contributed by atoms with Crippen LogP contribution in [0.2, 0.25) is 5.02 Å². The maximum absolute atomic E-state index is 13.5. The van der Waals surface area contributed by atoms with Crippen molar-refractivity contribution in [1.29, 1.82) is 0 Å². The van der Waals surface area contributed by atoms with E-state index in [9.17, 15) is 23.1 Å². The Morgan fingerprint density at radius 2 is 1.72 bits per heavy atom. The Hall–Kier alpha value is -2.87. The number of methoxy groups -OCH3 is 1. The highest BCUT2D eigenvalue weighted by atomic mass is 35.5. The first-order valence-corrected chi connectivity index (χ1v) is 10.1. The summed E-state index contributed by atoms with van der Waals surface area (Å²) >= 11 is 6.18. The van der Waals surface area contributed by atoms with Gasteiger partial charge < -0.3 is 14.7 Å². The summed E-state index contributed by atoms with van der Waals surface area (Å²) in [5, 5.41) is 11.9. The average Bonchev–Trinajstić information content (AvgIpc) is 2.78. The van der Waals surface area contributed by atoms with Crippen molar-refractivity contribution in [1.82, 2.24) is 0 Å². The highest BCUT2D eigenvalue weighted by Crippen LogP contribution is 2.45. The number of alkyl halides is 3. The first kappa shape index (κ1) is 22.3. The van der Waals surface area contributed by atoms with Gasteiger partial charge in [0, 0.05) is 17.7 Å². The van der Waals surface area contributed by atoms with Crippen LogP contribution in [0.3, 0.4) is 0 Å². The summed E-state index contributed by atoms with van der Waals surface area (Å²) in [6.07, 6.45) is -5.87. The van der Waals surface area contributed by atoms with Crippen LogP contribution < -0.4 is 4.90 Å². The number of amides is 1. The van der Waals surface area contributed by atoms with Gasteiger partial charge in [-0.2, -0.15) is 13.2 Å². The third-order valence-electron chi connectivity index (χ3n) is 5.63. The maximum atomic E-state index is 13.5. The predicted molar refractivity (Wildman–Crippen MR) is 114 cm³/mol. The zero-order valence-electron chi connectivity index (χ0n) is 16.9. The molecule has 0 aliphatic carbocycles. The molecular formula is C24H19ClF3NO3.